The van der Waals surface area contributed by atoms with Crippen LogP contribution in [0.5, 0.6) is 0 Å². The standard InChI is InChI=1S/C9H17NO6S/c1-15-9(12)8(6-11)10-17(13,14)7-2-4-16-5-3-7/h7-8,10-11H,2-6H2,1H3. The fourth-order valence-corrected chi connectivity index (χ4v) is 3.16. The Morgan fingerprint density at radius 1 is 1.53 bits per heavy atom. The van der Waals surface area contributed by atoms with Crippen molar-refractivity contribution in [3.05, 3.63) is 0 Å². The third-order valence-corrected chi connectivity index (χ3v) is 4.54. The van der Waals surface area contributed by atoms with E-state index in [9.17, 15) is 13.2 Å². The summed E-state index contributed by atoms with van der Waals surface area (Å²) in [6.07, 6.45) is 0.767. The highest BCUT2D eigenvalue weighted by atomic mass is 32.2. The molecular formula is C9H17NO6S. The fraction of sp³-hybridized carbons (Fsp3) is 0.889. The van der Waals surface area contributed by atoms with Crippen molar-refractivity contribution in [1.82, 2.24) is 4.72 Å². The molecule has 1 aliphatic heterocycles. The monoisotopic (exact) mass is 267 g/mol. The van der Waals surface area contributed by atoms with Crippen LogP contribution in [0.25, 0.3) is 0 Å². The summed E-state index contributed by atoms with van der Waals surface area (Å²) in [6.45, 7) is 0.135. The largest absolute Gasteiger partial charge is 0.468 e. The lowest BCUT2D eigenvalue weighted by Crippen LogP contribution is -2.48. The van der Waals surface area contributed by atoms with Gasteiger partial charge in [-0.05, 0) is 12.8 Å². The number of aliphatic hydroxyl groups excluding tert-OH is 1. The molecule has 2 N–H and O–H groups in total. The minimum absolute atomic E-state index is 0.383. The molecule has 0 radical (unpaired) electrons. The number of aliphatic hydroxyl groups is 1. The number of sulfonamides is 1. The Morgan fingerprint density at radius 2 is 2.12 bits per heavy atom. The molecule has 1 saturated heterocycles. The van der Waals surface area contributed by atoms with Gasteiger partial charge in [-0.3, -0.25) is 4.79 Å². The first-order valence-electron chi connectivity index (χ1n) is 5.29. The summed E-state index contributed by atoms with van der Waals surface area (Å²) in [5, 5.41) is 8.35. The number of hydrogen-bond donors (Lipinski definition) is 2. The number of esters is 1. The Bertz CT molecular complexity index is 348. The molecule has 1 fully saturated rings. The van der Waals surface area contributed by atoms with Crippen molar-refractivity contribution in [1.29, 1.82) is 0 Å². The molecule has 1 heterocycles. The van der Waals surface area contributed by atoms with Gasteiger partial charge in [-0.1, -0.05) is 0 Å². The molecule has 1 rings (SSSR count). The second-order valence-corrected chi connectivity index (χ2v) is 5.73. The minimum atomic E-state index is -3.64. The zero-order chi connectivity index (χ0) is 12.9. The summed E-state index contributed by atoms with van der Waals surface area (Å²) in [6, 6.07) is -1.24. The van der Waals surface area contributed by atoms with E-state index < -0.39 is 33.9 Å². The first kappa shape index (κ1) is 14.4. The highest BCUT2D eigenvalue weighted by Crippen LogP contribution is 2.15. The summed E-state index contributed by atoms with van der Waals surface area (Å²) in [7, 11) is -2.51. The zero-order valence-corrected chi connectivity index (χ0v) is 10.4. The van der Waals surface area contributed by atoms with Crippen molar-refractivity contribution < 1.29 is 27.8 Å². The van der Waals surface area contributed by atoms with Crippen LogP contribution < -0.4 is 4.72 Å². The van der Waals surface area contributed by atoms with Crippen LogP contribution in [-0.4, -0.2) is 57.7 Å². The third-order valence-electron chi connectivity index (χ3n) is 2.58. The zero-order valence-electron chi connectivity index (χ0n) is 9.59. The van der Waals surface area contributed by atoms with Gasteiger partial charge in [-0.2, -0.15) is 4.72 Å². The molecule has 0 saturated carbocycles. The summed E-state index contributed by atoms with van der Waals surface area (Å²) in [5.41, 5.74) is 0. The van der Waals surface area contributed by atoms with Crippen molar-refractivity contribution in [3.63, 3.8) is 0 Å². The topological polar surface area (TPSA) is 102 Å². The van der Waals surface area contributed by atoms with Crippen LogP contribution in [-0.2, 0) is 24.3 Å². The van der Waals surface area contributed by atoms with Crippen LogP contribution >= 0.6 is 0 Å². The fourth-order valence-electron chi connectivity index (χ4n) is 1.58. The summed E-state index contributed by atoms with van der Waals surface area (Å²) >= 11 is 0. The van der Waals surface area contributed by atoms with Gasteiger partial charge in [0.05, 0.1) is 19.0 Å². The molecule has 0 aliphatic carbocycles. The lowest BCUT2D eigenvalue weighted by molar-refractivity contribution is -0.143. The maximum atomic E-state index is 11.9. The Hall–Kier alpha value is -0.700. The van der Waals surface area contributed by atoms with E-state index in [0.29, 0.717) is 26.1 Å². The van der Waals surface area contributed by atoms with Gasteiger partial charge in [0.25, 0.3) is 0 Å². The lowest BCUT2D eigenvalue weighted by atomic mass is 10.2. The minimum Gasteiger partial charge on any atom is -0.468 e. The van der Waals surface area contributed by atoms with Gasteiger partial charge in [0.1, 0.15) is 6.04 Å². The van der Waals surface area contributed by atoms with E-state index in [4.69, 9.17) is 9.84 Å². The number of nitrogens with one attached hydrogen (secondary N) is 1. The van der Waals surface area contributed by atoms with Crippen LogP contribution in [0.3, 0.4) is 0 Å². The van der Waals surface area contributed by atoms with Crippen molar-refractivity contribution in [2.75, 3.05) is 26.9 Å². The number of carbonyl (C=O) groups excluding carboxylic acids is 1. The molecule has 0 spiro atoms. The molecule has 100 valence electrons. The number of rotatable bonds is 5. The van der Waals surface area contributed by atoms with Gasteiger partial charge in [0.15, 0.2) is 0 Å². The van der Waals surface area contributed by atoms with Gasteiger partial charge in [0, 0.05) is 13.2 Å². The van der Waals surface area contributed by atoms with E-state index in [1.165, 1.54) is 0 Å². The highest BCUT2D eigenvalue weighted by Gasteiger charge is 2.32. The molecule has 0 amide bonds. The Labute approximate surface area is 100 Å². The molecule has 17 heavy (non-hydrogen) atoms. The van der Waals surface area contributed by atoms with Gasteiger partial charge in [-0.25, -0.2) is 8.42 Å². The van der Waals surface area contributed by atoms with Crippen LogP contribution in [0, 0.1) is 0 Å². The van der Waals surface area contributed by atoms with E-state index in [1.54, 1.807) is 0 Å². The van der Waals surface area contributed by atoms with E-state index in [-0.39, 0.29) is 0 Å². The molecule has 7 nitrogen and oxygen atoms in total. The van der Waals surface area contributed by atoms with E-state index in [0.717, 1.165) is 7.11 Å². The molecule has 0 aromatic rings. The molecule has 8 heteroatoms. The van der Waals surface area contributed by atoms with Gasteiger partial charge < -0.3 is 14.6 Å². The Kier molecular flexibility index (Phi) is 5.31. The summed E-state index contributed by atoms with van der Waals surface area (Å²) in [4.78, 5) is 11.2. The van der Waals surface area contributed by atoms with Gasteiger partial charge in [0.2, 0.25) is 10.0 Å². The second kappa shape index (κ2) is 6.29. The SMILES string of the molecule is COC(=O)C(CO)NS(=O)(=O)C1CCOCC1. The summed E-state index contributed by atoms with van der Waals surface area (Å²) < 4.78 is 35.4. The molecule has 0 aromatic heterocycles. The normalized spacial score (nSPS) is 19.9. The van der Waals surface area contributed by atoms with Gasteiger partial charge in [-0.15, -0.1) is 0 Å². The molecule has 1 aliphatic rings. The van der Waals surface area contributed by atoms with Crippen molar-refractivity contribution in [2.24, 2.45) is 0 Å². The van der Waals surface area contributed by atoms with E-state index in [2.05, 4.69) is 9.46 Å². The first-order valence-corrected chi connectivity index (χ1v) is 6.83. The molecule has 1 atom stereocenters. The second-order valence-electron chi connectivity index (χ2n) is 3.73. The van der Waals surface area contributed by atoms with Crippen LogP contribution in [0.4, 0.5) is 0 Å². The molecule has 0 aromatic carbocycles. The number of carbonyl (C=O) groups is 1. The quantitative estimate of drug-likeness (QED) is 0.595. The van der Waals surface area contributed by atoms with Crippen LogP contribution in [0.1, 0.15) is 12.8 Å². The maximum absolute atomic E-state index is 11.9. The van der Waals surface area contributed by atoms with E-state index in [1.807, 2.05) is 0 Å². The smallest absolute Gasteiger partial charge is 0.326 e. The van der Waals surface area contributed by atoms with Crippen LogP contribution in [0.15, 0.2) is 0 Å². The number of ether oxygens (including phenoxy) is 2. The summed E-state index contributed by atoms with van der Waals surface area (Å²) in [5.74, 6) is -0.803. The lowest BCUT2D eigenvalue weighted by Gasteiger charge is -2.24. The average molecular weight is 267 g/mol. The number of hydrogen-bond acceptors (Lipinski definition) is 6. The van der Waals surface area contributed by atoms with E-state index >= 15 is 0 Å². The predicted octanol–water partition coefficient (Wildman–Crippen LogP) is -1.38. The Balaban J connectivity index is 2.66. The highest BCUT2D eigenvalue weighted by molar-refractivity contribution is 7.90. The molecule has 0 bridgehead atoms. The molecular weight excluding hydrogens is 250 g/mol. The van der Waals surface area contributed by atoms with Crippen molar-refractivity contribution in [3.8, 4) is 0 Å². The number of methoxy groups -OCH3 is 1. The average Bonchev–Trinajstić information content (AvgIpc) is 2.36. The van der Waals surface area contributed by atoms with Gasteiger partial charge >= 0.3 is 5.97 Å². The van der Waals surface area contributed by atoms with Crippen molar-refractivity contribution in [2.45, 2.75) is 24.1 Å². The first-order chi connectivity index (χ1) is 8.01. The predicted molar refractivity (Wildman–Crippen MR) is 58.8 cm³/mol. The van der Waals surface area contributed by atoms with Crippen molar-refractivity contribution >= 4 is 16.0 Å². The molecule has 1 unspecified atom stereocenters. The third kappa shape index (κ3) is 3.91. The van der Waals surface area contributed by atoms with Crippen LogP contribution in [0.2, 0.25) is 0 Å². The Morgan fingerprint density at radius 3 is 2.59 bits per heavy atom. The maximum Gasteiger partial charge on any atom is 0.326 e.